The summed E-state index contributed by atoms with van der Waals surface area (Å²) in [5.41, 5.74) is 0. The number of ether oxygens (including phenoxy) is 1. The zero-order valence-corrected chi connectivity index (χ0v) is 9.74. The van der Waals surface area contributed by atoms with Crippen molar-refractivity contribution in [3.05, 3.63) is 0 Å². The van der Waals surface area contributed by atoms with Crippen LogP contribution in [0.15, 0.2) is 0 Å². The maximum atomic E-state index is 8.92. The average Bonchev–Trinajstić information content (AvgIpc) is 1.99. The Hall–Kier alpha value is -0.260. The van der Waals surface area contributed by atoms with Crippen LogP contribution in [0.2, 0.25) is 0 Å². The molecule has 0 bridgehead atoms. The van der Waals surface area contributed by atoms with Gasteiger partial charge >= 0.3 is 0 Å². The van der Waals surface area contributed by atoms with E-state index in [0.717, 1.165) is 0 Å². The van der Waals surface area contributed by atoms with Gasteiger partial charge in [-0.25, -0.2) is 0 Å². The Morgan fingerprint density at radius 2 is 1.77 bits per heavy atom. The number of aliphatic hydroxyl groups excluding tert-OH is 2. The first-order valence-corrected chi connectivity index (χ1v) is 4.72. The van der Waals surface area contributed by atoms with Gasteiger partial charge < -0.3 is 14.9 Å². The molecule has 13 heavy (non-hydrogen) atoms. The molecule has 1 atom stereocenters. The predicted octanol–water partition coefficient (Wildman–Crippen LogP) is 2.01. The Labute approximate surface area is 89.7 Å². The Balaban J connectivity index is 0. The molecule has 0 aliphatic carbocycles. The molecule has 1 unspecified atom stereocenters. The van der Waals surface area contributed by atoms with Gasteiger partial charge in [-0.15, -0.1) is 0 Å². The molecule has 5 heteroatoms. The van der Waals surface area contributed by atoms with E-state index in [4.69, 9.17) is 14.9 Å². The molecule has 0 fully saturated rings. The molecular weight excluding hydrogens is 208 g/mol. The lowest BCUT2D eigenvalue weighted by Gasteiger charge is -2.07. The minimum absolute atomic E-state index is 0.000000000000000222. The third-order valence-corrected chi connectivity index (χ3v) is 1.07. The topological polar surface area (TPSA) is 49.7 Å². The van der Waals surface area contributed by atoms with Crippen molar-refractivity contribution >= 4 is 34.5 Å². The molecular formula is C8H16O3S2. The lowest BCUT2D eigenvalue weighted by molar-refractivity contribution is 0.100. The van der Waals surface area contributed by atoms with Crippen LogP contribution in [0.25, 0.3) is 0 Å². The Morgan fingerprint density at radius 1 is 1.38 bits per heavy atom. The monoisotopic (exact) mass is 224 g/mol. The summed E-state index contributed by atoms with van der Waals surface area (Å²) >= 11 is 8.72. The SMILES string of the molecule is CC(O)=S.CCC(O)COC(C)=S. The molecule has 0 amide bonds. The van der Waals surface area contributed by atoms with E-state index in [2.05, 4.69) is 24.4 Å². The van der Waals surface area contributed by atoms with E-state index < -0.39 is 0 Å². The van der Waals surface area contributed by atoms with Crippen LogP contribution in [0.4, 0.5) is 0 Å². The Morgan fingerprint density at radius 3 is 2.00 bits per heavy atom. The molecule has 0 spiro atoms. The molecule has 0 saturated heterocycles. The largest absolute Gasteiger partial charge is 0.502 e. The molecule has 0 heterocycles. The number of hydrogen-bond acceptors (Lipinski definition) is 4. The van der Waals surface area contributed by atoms with Gasteiger partial charge in [-0.2, -0.15) is 0 Å². The summed E-state index contributed by atoms with van der Waals surface area (Å²) in [6, 6.07) is 0. The fourth-order valence-electron chi connectivity index (χ4n) is 0.331. The van der Waals surface area contributed by atoms with Crippen LogP contribution in [0, 0.1) is 0 Å². The zero-order valence-electron chi connectivity index (χ0n) is 8.11. The molecule has 0 saturated carbocycles. The lowest BCUT2D eigenvalue weighted by atomic mass is 10.3. The van der Waals surface area contributed by atoms with Crippen molar-refractivity contribution in [2.45, 2.75) is 33.3 Å². The van der Waals surface area contributed by atoms with Gasteiger partial charge in [0.15, 0.2) is 10.1 Å². The summed E-state index contributed by atoms with van der Waals surface area (Å²) in [6.45, 7) is 5.37. The van der Waals surface area contributed by atoms with E-state index in [0.29, 0.717) is 18.1 Å². The van der Waals surface area contributed by atoms with Gasteiger partial charge in [0.1, 0.15) is 6.61 Å². The van der Waals surface area contributed by atoms with Crippen molar-refractivity contribution in [2.24, 2.45) is 0 Å². The van der Waals surface area contributed by atoms with Gasteiger partial charge in [0.05, 0.1) is 6.10 Å². The summed E-state index contributed by atoms with van der Waals surface area (Å²) in [7, 11) is 0. The van der Waals surface area contributed by atoms with Crippen LogP contribution >= 0.6 is 24.4 Å². The molecule has 0 aliphatic rings. The van der Waals surface area contributed by atoms with E-state index in [1.165, 1.54) is 6.92 Å². The van der Waals surface area contributed by atoms with Gasteiger partial charge in [-0.1, -0.05) is 6.92 Å². The normalized spacial score (nSPS) is 10.8. The second-order valence-electron chi connectivity index (χ2n) is 2.38. The minimum Gasteiger partial charge on any atom is -0.502 e. The van der Waals surface area contributed by atoms with E-state index >= 15 is 0 Å². The van der Waals surface area contributed by atoms with Crippen LogP contribution in [-0.4, -0.2) is 33.0 Å². The number of aliphatic hydroxyl groups is 2. The smallest absolute Gasteiger partial charge is 0.156 e. The van der Waals surface area contributed by atoms with Crippen LogP contribution in [0.1, 0.15) is 27.2 Å². The third-order valence-electron chi connectivity index (χ3n) is 0.950. The number of rotatable bonds is 3. The molecule has 0 aromatic heterocycles. The van der Waals surface area contributed by atoms with Gasteiger partial charge in [-0.05, 0) is 30.9 Å². The number of thiocarbonyl (C=S) groups is 2. The average molecular weight is 224 g/mol. The molecule has 0 aromatic rings. The zero-order chi connectivity index (χ0) is 10.9. The first-order valence-electron chi connectivity index (χ1n) is 3.91. The van der Waals surface area contributed by atoms with Crippen molar-refractivity contribution in [3.63, 3.8) is 0 Å². The van der Waals surface area contributed by atoms with Gasteiger partial charge in [0, 0.05) is 13.8 Å². The van der Waals surface area contributed by atoms with Crippen molar-refractivity contribution in [1.29, 1.82) is 0 Å². The highest BCUT2D eigenvalue weighted by atomic mass is 32.1. The second kappa shape index (κ2) is 9.83. The Bertz CT molecular complexity index is 155. The van der Waals surface area contributed by atoms with E-state index in [9.17, 15) is 0 Å². The van der Waals surface area contributed by atoms with Gasteiger partial charge in [0.2, 0.25) is 0 Å². The highest BCUT2D eigenvalue weighted by molar-refractivity contribution is 7.80. The summed E-state index contributed by atoms with van der Waals surface area (Å²) < 4.78 is 4.88. The Kier molecular flexibility index (Phi) is 11.5. The fraction of sp³-hybridized carbons (Fsp3) is 0.750. The molecule has 0 aliphatic heterocycles. The number of hydrogen-bond donors (Lipinski definition) is 2. The standard InChI is InChI=1S/C6H12O2S.C2H4OS/c1-3-6(7)4-8-5(2)9;1-2(3)4/h6-7H,3-4H2,1-2H3;1H3,(H,3,4). The summed E-state index contributed by atoms with van der Waals surface area (Å²) in [5, 5.41) is 17.2. The molecule has 0 radical (unpaired) electrons. The van der Waals surface area contributed by atoms with Crippen molar-refractivity contribution in [2.75, 3.05) is 6.61 Å². The predicted molar refractivity (Wildman–Crippen MR) is 61.4 cm³/mol. The summed E-state index contributed by atoms with van der Waals surface area (Å²) in [5.74, 6) is 0. The summed E-state index contributed by atoms with van der Waals surface area (Å²) in [6.07, 6.45) is 0.339. The van der Waals surface area contributed by atoms with Crippen LogP contribution in [-0.2, 0) is 4.74 Å². The van der Waals surface area contributed by atoms with Gasteiger partial charge in [-0.3, -0.25) is 0 Å². The highest BCUT2D eigenvalue weighted by Gasteiger charge is 1.99. The quantitative estimate of drug-likeness (QED) is 0.718. The van der Waals surface area contributed by atoms with E-state index in [-0.39, 0.29) is 11.2 Å². The minimum atomic E-state index is -0.372. The van der Waals surface area contributed by atoms with Crippen LogP contribution in [0.3, 0.4) is 0 Å². The second-order valence-corrected chi connectivity index (χ2v) is 3.55. The molecule has 2 N–H and O–H groups in total. The van der Waals surface area contributed by atoms with Gasteiger partial charge in [0.25, 0.3) is 0 Å². The fourth-order valence-corrected chi connectivity index (χ4v) is 0.399. The van der Waals surface area contributed by atoms with Crippen LogP contribution < -0.4 is 0 Å². The first-order chi connectivity index (χ1) is 5.90. The van der Waals surface area contributed by atoms with Crippen molar-refractivity contribution in [1.82, 2.24) is 0 Å². The maximum absolute atomic E-state index is 8.92. The lowest BCUT2D eigenvalue weighted by Crippen LogP contribution is -2.14. The highest BCUT2D eigenvalue weighted by Crippen LogP contribution is 1.91. The molecule has 3 nitrogen and oxygen atoms in total. The summed E-state index contributed by atoms with van der Waals surface area (Å²) in [4.78, 5) is 0. The third kappa shape index (κ3) is 24.5. The first kappa shape index (κ1) is 15.2. The van der Waals surface area contributed by atoms with E-state index in [1.54, 1.807) is 6.92 Å². The van der Waals surface area contributed by atoms with Crippen LogP contribution in [0.5, 0.6) is 0 Å². The molecule has 0 rings (SSSR count). The van der Waals surface area contributed by atoms with E-state index in [1.807, 2.05) is 6.92 Å². The molecule has 0 aromatic carbocycles. The van der Waals surface area contributed by atoms with Crippen molar-refractivity contribution in [3.8, 4) is 0 Å². The maximum Gasteiger partial charge on any atom is 0.156 e. The van der Waals surface area contributed by atoms with Crippen molar-refractivity contribution < 1.29 is 14.9 Å². The molecule has 78 valence electrons.